The summed E-state index contributed by atoms with van der Waals surface area (Å²) in [5.74, 6) is -2.52. The van der Waals surface area contributed by atoms with Crippen molar-refractivity contribution in [2.75, 3.05) is 39.6 Å². The van der Waals surface area contributed by atoms with Crippen molar-refractivity contribution in [3.63, 3.8) is 0 Å². The van der Waals surface area contributed by atoms with Crippen molar-refractivity contribution < 1.29 is 48.3 Å². The van der Waals surface area contributed by atoms with E-state index in [2.05, 4.69) is 26.3 Å². The molecule has 10 heteroatoms. The predicted octanol–water partition coefficient (Wildman–Crippen LogP) is 3.00. The number of carboxylic acid groups (broad SMARTS) is 2. The molecule has 0 aliphatic heterocycles. The Balaban J connectivity index is -0.00000198. The number of unbranched alkanes of at least 4 members (excludes halogenated alkanes) is 2. The van der Waals surface area contributed by atoms with E-state index in [1.807, 2.05) is 0 Å². The second-order valence-electron chi connectivity index (χ2n) is 5.87. The lowest BCUT2D eigenvalue weighted by molar-refractivity contribution is -0.147. The Morgan fingerprint density at radius 1 is 0.500 bits per heavy atom. The maximum absolute atomic E-state index is 11.3. The summed E-state index contributed by atoms with van der Waals surface area (Å²) in [6, 6.07) is 0. The Kier molecular flexibility index (Phi) is 30.0. The van der Waals surface area contributed by atoms with E-state index in [4.69, 9.17) is 29.2 Å². The van der Waals surface area contributed by atoms with E-state index in [1.165, 1.54) is 0 Å². The second-order valence-corrected chi connectivity index (χ2v) is 5.87. The van der Waals surface area contributed by atoms with Gasteiger partial charge in [-0.3, -0.25) is 19.2 Å². The van der Waals surface area contributed by atoms with E-state index in [0.29, 0.717) is 38.9 Å². The normalized spacial score (nSPS) is 9.38. The van der Waals surface area contributed by atoms with E-state index in [0.717, 1.165) is 0 Å². The summed E-state index contributed by atoms with van der Waals surface area (Å²) in [6.07, 6.45) is 2.31. The van der Waals surface area contributed by atoms with Crippen molar-refractivity contribution >= 4 is 23.9 Å². The Labute approximate surface area is 190 Å². The maximum atomic E-state index is 11.3. The lowest BCUT2D eigenvalue weighted by atomic mass is 10.2. The first-order chi connectivity index (χ1) is 15.4. The number of carbonyl (C=O) groups is 4. The molecule has 186 valence electrons. The van der Waals surface area contributed by atoms with Crippen molar-refractivity contribution in [1.82, 2.24) is 0 Å². The zero-order chi connectivity index (χ0) is 25.0. The highest BCUT2D eigenvalue weighted by Gasteiger charge is 2.05. The van der Waals surface area contributed by atoms with Gasteiger partial charge in [0.2, 0.25) is 0 Å². The molecule has 0 heterocycles. The zero-order valence-electron chi connectivity index (χ0n) is 18.9. The number of carbonyl (C=O) groups excluding carboxylic acids is 2. The fourth-order valence-corrected chi connectivity index (χ4v) is 1.99. The van der Waals surface area contributed by atoms with Crippen LogP contribution >= 0.6 is 0 Å². The van der Waals surface area contributed by atoms with Crippen molar-refractivity contribution in [2.45, 2.75) is 51.4 Å². The summed E-state index contributed by atoms with van der Waals surface area (Å²) in [6.45, 7) is 13.3. The molecule has 0 aliphatic carbocycles. The predicted molar refractivity (Wildman–Crippen MR) is 118 cm³/mol. The quantitative estimate of drug-likeness (QED) is 0.167. The summed E-state index contributed by atoms with van der Waals surface area (Å²) in [5.41, 5.74) is 0. The van der Waals surface area contributed by atoms with E-state index >= 15 is 0 Å². The first-order valence-electron chi connectivity index (χ1n) is 10.3. The summed E-state index contributed by atoms with van der Waals surface area (Å²) in [5, 5.41) is 16.9. The van der Waals surface area contributed by atoms with Gasteiger partial charge in [-0.2, -0.15) is 0 Å². The highest BCUT2D eigenvalue weighted by molar-refractivity contribution is 5.70. The van der Waals surface area contributed by atoms with Gasteiger partial charge in [0, 0.05) is 25.7 Å². The second kappa shape index (κ2) is 28.3. The molecule has 32 heavy (non-hydrogen) atoms. The molecule has 0 fully saturated rings. The molecule has 0 aromatic carbocycles. The smallest absolute Gasteiger partial charge is 0.305 e. The van der Waals surface area contributed by atoms with Gasteiger partial charge in [-0.25, -0.2) is 0 Å². The van der Waals surface area contributed by atoms with Crippen molar-refractivity contribution in [1.29, 1.82) is 0 Å². The van der Waals surface area contributed by atoms with Crippen LogP contribution in [0.1, 0.15) is 51.4 Å². The van der Waals surface area contributed by atoms with Gasteiger partial charge in [-0.15, -0.1) is 26.3 Å². The van der Waals surface area contributed by atoms with Crippen LogP contribution in [0.25, 0.3) is 0 Å². The average molecular weight is 463 g/mol. The average Bonchev–Trinajstić information content (AvgIpc) is 2.78. The number of aliphatic carboxylic acids is 2. The monoisotopic (exact) mass is 462 g/mol. The van der Waals surface area contributed by atoms with Gasteiger partial charge in [0.1, 0.15) is 13.2 Å². The van der Waals surface area contributed by atoms with Crippen LogP contribution in [0, 0.1) is 0 Å². The molecule has 2 N–H and O–H groups in total. The van der Waals surface area contributed by atoms with E-state index in [1.54, 1.807) is 0 Å². The molecule has 0 aliphatic rings. The number of hydrogen-bond acceptors (Lipinski definition) is 8. The maximum Gasteiger partial charge on any atom is 0.305 e. The van der Waals surface area contributed by atoms with E-state index < -0.39 is 11.9 Å². The van der Waals surface area contributed by atoms with Gasteiger partial charge >= 0.3 is 23.9 Å². The minimum absolute atomic E-state index is 0.0440. The largest absolute Gasteiger partial charge is 0.481 e. The third-order valence-electron chi connectivity index (χ3n) is 3.40. The third kappa shape index (κ3) is 32.0. The molecule has 0 spiro atoms. The van der Waals surface area contributed by atoms with Crippen LogP contribution in [-0.2, 0) is 38.1 Å². The summed E-state index contributed by atoms with van der Waals surface area (Å²) in [7, 11) is 0. The Morgan fingerprint density at radius 3 is 1.09 bits per heavy atom. The van der Waals surface area contributed by atoms with Gasteiger partial charge < -0.3 is 29.2 Å². The van der Waals surface area contributed by atoms with Crippen LogP contribution in [0.5, 0.6) is 0 Å². The highest BCUT2D eigenvalue weighted by Crippen LogP contribution is 2.02. The summed E-state index contributed by atoms with van der Waals surface area (Å²) < 4.78 is 20.3. The molecular formula is C22H38O10. The molecule has 0 bridgehead atoms. The molecule has 10 nitrogen and oxygen atoms in total. The number of rotatable bonds is 19. The van der Waals surface area contributed by atoms with Gasteiger partial charge in [0.25, 0.3) is 0 Å². The number of hydrogen-bond donors (Lipinski definition) is 2. The molecule has 0 atom stereocenters. The van der Waals surface area contributed by atoms with E-state index in [9.17, 15) is 19.2 Å². The Bertz CT molecular complexity index is 449. The molecule has 0 unspecified atom stereocenters. The summed E-state index contributed by atoms with van der Waals surface area (Å²) >= 11 is 0. The third-order valence-corrected chi connectivity index (χ3v) is 3.40. The van der Waals surface area contributed by atoms with Crippen molar-refractivity contribution in [3.8, 4) is 0 Å². The SMILES string of the molecule is C=C.C=C.O=C(O)CCCCC(=O)OCCOCCOCCOC(=O)CCCCC(=O)O. The molecule has 0 amide bonds. The standard InChI is InChI=1S/C18H30O10.2C2H4/c19-15(20)5-1-3-7-17(23)27-13-11-25-9-10-26-12-14-28-18(24)8-4-2-6-16(21)22;2*1-2/h1-14H2,(H,19,20)(H,21,22);2*1-2H2. The van der Waals surface area contributed by atoms with Gasteiger partial charge in [-0.05, 0) is 25.7 Å². The number of carboxylic acids is 2. The minimum Gasteiger partial charge on any atom is -0.481 e. The first kappa shape index (κ1) is 33.9. The highest BCUT2D eigenvalue weighted by atomic mass is 16.6. The molecule has 0 aromatic heterocycles. The van der Waals surface area contributed by atoms with Crippen molar-refractivity contribution in [3.05, 3.63) is 26.3 Å². The number of esters is 2. The lowest BCUT2D eigenvalue weighted by Gasteiger charge is -2.07. The van der Waals surface area contributed by atoms with Gasteiger partial charge in [-0.1, -0.05) is 0 Å². The number of ether oxygens (including phenoxy) is 4. The fourth-order valence-electron chi connectivity index (χ4n) is 1.99. The van der Waals surface area contributed by atoms with Crippen LogP contribution in [0.4, 0.5) is 0 Å². The Morgan fingerprint density at radius 2 is 0.781 bits per heavy atom. The minimum atomic E-state index is -0.880. The molecular weight excluding hydrogens is 424 g/mol. The van der Waals surface area contributed by atoms with Crippen LogP contribution in [0.2, 0.25) is 0 Å². The zero-order valence-corrected chi connectivity index (χ0v) is 18.9. The van der Waals surface area contributed by atoms with Crippen LogP contribution in [0.3, 0.4) is 0 Å². The molecule has 0 rings (SSSR count). The molecule has 0 radical (unpaired) electrons. The van der Waals surface area contributed by atoms with Crippen LogP contribution < -0.4 is 0 Å². The van der Waals surface area contributed by atoms with E-state index in [-0.39, 0.29) is 64.0 Å². The summed E-state index contributed by atoms with van der Waals surface area (Å²) in [4.78, 5) is 43.3. The van der Waals surface area contributed by atoms with Gasteiger partial charge in [0.05, 0.1) is 26.4 Å². The Hall–Kier alpha value is -2.72. The fraction of sp³-hybridized carbons (Fsp3) is 0.636. The molecule has 0 saturated heterocycles. The topological polar surface area (TPSA) is 146 Å². The van der Waals surface area contributed by atoms with Crippen LogP contribution in [0.15, 0.2) is 26.3 Å². The molecule has 0 saturated carbocycles. The van der Waals surface area contributed by atoms with Crippen LogP contribution in [-0.4, -0.2) is 73.7 Å². The lowest BCUT2D eigenvalue weighted by Crippen LogP contribution is -2.15. The van der Waals surface area contributed by atoms with Gasteiger partial charge in [0.15, 0.2) is 0 Å². The first-order valence-corrected chi connectivity index (χ1v) is 10.3. The molecule has 0 aromatic rings. The van der Waals surface area contributed by atoms with Crippen molar-refractivity contribution in [2.24, 2.45) is 0 Å².